The van der Waals surface area contributed by atoms with E-state index in [1.807, 2.05) is 0 Å². The Labute approximate surface area is 72.1 Å². The molecule has 0 aromatic heterocycles. The van der Waals surface area contributed by atoms with E-state index < -0.39 is 15.5 Å². The molecule has 0 amide bonds. The molecule has 1 N–H and O–H groups in total. The average Bonchev–Trinajstić information content (AvgIpc) is 2.03. The number of morpholine rings is 1. The van der Waals surface area contributed by atoms with Gasteiger partial charge in [0.1, 0.15) is 5.37 Å². The van der Waals surface area contributed by atoms with Crippen molar-refractivity contribution in [3.8, 4) is 0 Å². The summed E-state index contributed by atoms with van der Waals surface area (Å²) in [6.45, 7) is 3.64. The Morgan fingerprint density at radius 3 is 2.33 bits per heavy atom. The molecule has 72 valence electrons. The third-order valence-corrected chi connectivity index (χ3v) is 3.15. The van der Waals surface area contributed by atoms with Crippen molar-refractivity contribution >= 4 is 10.1 Å². The molecular formula is C6H13NO4S. The highest BCUT2D eigenvalue weighted by atomic mass is 32.2. The molecule has 0 bridgehead atoms. The van der Waals surface area contributed by atoms with Crippen LogP contribution in [0, 0.1) is 0 Å². The van der Waals surface area contributed by atoms with Crippen LogP contribution < -0.4 is 0 Å². The van der Waals surface area contributed by atoms with Crippen LogP contribution in [0.15, 0.2) is 0 Å². The van der Waals surface area contributed by atoms with Gasteiger partial charge in [0.05, 0.1) is 13.2 Å². The van der Waals surface area contributed by atoms with Gasteiger partial charge in [0, 0.05) is 13.1 Å². The SMILES string of the molecule is CC(N1CCOCC1)S(=O)(=O)O. The maximum atomic E-state index is 10.7. The lowest BCUT2D eigenvalue weighted by Gasteiger charge is -2.30. The highest BCUT2D eigenvalue weighted by Crippen LogP contribution is 2.07. The zero-order chi connectivity index (χ0) is 9.19. The van der Waals surface area contributed by atoms with Crippen molar-refractivity contribution in [2.75, 3.05) is 26.3 Å². The summed E-state index contributed by atoms with van der Waals surface area (Å²) in [4.78, 5) is 1.68. The molecule has 0 saturated carbocycles. The molecule has 1 aliphatic heterocycles. The molecule has 6 heteroatoms. The Morgan fingerprint density at radius 2 is 1.92 bits per heavy atom. The number of hydrogen-bond acceptors (Lipinski definition) is 4. The lowest BCUT2D eigenvalue weighted by Crippen LogP contribution is -2.45. The van der Waals surface area contributed by atoms with E-state index in [0.717, 1.165) is 0 Å². The number of hydrogen-bond donors (Lipinski definition) is 1. The Balaban J connectivity index is 2.57. The van der Waals surface area contributed by atoms with Crippen LogP contribution in [0.25, 0.3) is 0 Å². The number of ether oxygens (including phenoxy) is 1. The second-order valence-electron chi connectivity index (χ2n) is 2.76. The summed E-state index contributed by atoms with van der Waals surface area (Å²) < 4.78 is 35.2. The fourth-order valence-corrected chi connectivity index (χ4v) is 1.72. The van der Waals surface area contributed by atoms with Gasteiger partial charge in [-0.2, -0.15) is 8.42 Å². The average molecular weight is 195 g/mol. The van der Waals surface area contributed by atoms with Crippen LogP contribution in [0.1, 0.15) is 6.92 Å². The minimum absolute atomic E-state index is 0.528. The Morgan fingerprint density at radius 1 is 1.42 bits per heavy atom. The van der Waals surface area contributed by atoms with Crippen molar-refractivity contribution in [1.29, 1.82) is 0 Å². The summed E-state index contributed by atoms with van der Waals surface area (Å²) in [6.07, 6.45) is 0. The van der Waals surface area contributed by atoms with Crippen molar-refractivity contribution in [1.82, 2.24) is 4.90 Å². The summed E-state index contributed by atoms with van der Waals surface area (Å²) in [5.41, 5.74) is 0. The summed E-state index contributed by atoms with van der Waals surface area (Å²) in [6, 6.07) is 0. The first-order valence-corrected chi connectivity index (χ1v) is 5.30. The van der Waals surface area contributed by atoms with Gasteiger partial charge in [0.2, 0.25) is 0 Å². The topological polar surface area (TPSA) is 66.8 Å². The number of rotatable bonds is 2. The lowest BCUT2D eigenvalue weighted by molar-refractivity contribution is 0.0325. The standard InChI is InChI=1S/C6H13NO4S/c1-6(12(8,9)10)7-2-4-11-5-3-7/h6H,2-5H2,1H3,(H,8,9,10). The number of nitrogens with zero attached hydrogens (tertiary/aromatic N) is 1. The minimum Gasteiger partial charge on any atom is -0.379 e. The molecule has 5 nitrogen and oxygen atoms in total. The molecule has 1 aliphatic rings. The predicted octanol–water partition coefficient (Wildman–Crippen LogP) is -0.448. The first kappa shape index (κ1) is 9.91. The third kappa shape index (κ3) is 2.41. The van der Waals surface area contributed by atoms with E-state index in [1.165, 1.54) is 6.92 Å². The van der Waals surface area contributed by atoms with E-state index in [2.05, 4.69) is 0 Å². The lowest BCUT2D eigenvalue weighted by atomic mass is 10.4. The Hall–Kier alpha value is -0.170. The van der Waals surface area contributed by atoms with Crippen LogP contribution >= 0.6 is 0 Å². The van der Waals surface area contributed by atoms with Crippen LogP contribution in [-0.4, -0.2) is 49.5 Å². The molecule has 0 radical (unpaired) electrons. The van der Waals surface area contributed by atoms with Gasteiger partial charge < -0.3 is 4.74 Å². The first-order chi connectivity index (χ1) is 5.52. The second kappa shape index (κ2) is 3.69. The summed E-state index contributed by atoms with van der Waals surface area (Å²) in [7, 11) is -3.93. The molecular weight excluding hydrogens is 182 g/mol. The minimum atomic E-state index is -3.93. The van der Waals surface area contributed by atoms with Gasteiger partial charge in [-0.15, -0.1) is 0 Å². The predicted molar refractivity (Wildman–Crippen MR) is 43.4 cm³/mol. The fraction of sp³-hybridized carbons (Fsp3) is 1.00. The molecule has 1 heterocycles. The monoisotopic (exact) mass is 195 g/mol. The largest absolute Gasteiger partial charge is 0.379 e. The molecule has 1 rings (SSSR count). The molecule has 12 heavy (non-hydrogen) atoms. The van der Waals surface area contributed by atoms with E-state index in [-0.39, 0.29) is 0 Å². The quantitative estimate of drug-likeness (QED) is 0.605. The van der Waals surface area contributed by atoms with Gasteiger partial charge >= 0.3 is 0 Å². The smallest absolute Gasteiger partial charge is 0.280 e. The molecule has 0 aromatic rings. The first-order valence-electron chi connectivity index (χ1n) is 3.80. The fourth-order valence-electron chi connectivity index (χ4n) is 1.13. The molecule has 1 atom stereocenters. The second-order valence-corrected chi connectivity index (χ2v) is 4.47. The molecule has 0 aromatic carbocycles. The van der Waals surface area contributed by atoms with Crippen molar-refractivity contribution in [3.05, 3.63) is 0 Å². The highest BCUT2D eigenvalue weighted by molar-refractivity contribution is 7.86. The molecule has 1 unspecified atom stereocenters. The Kier molecular flexibility index (Phi) is 3.05. The van der Waals surface area contributed by atoms with Crippen LogP contribution in [-0.2, 0) is 14.9 Å². The Bertz CT molecular complexity index is 232. The van der Waals surface area contributed by atoms with Crippen molar-refractivity contribution in [2.45, 2.75) is 12.3 Å². The van der Waals surface area contributed by atoms with Gasteiger partial charge in [-0.1, -0.05) is 0 Å². The van der Waals surface area contributed by atoms with Gasteiger partial charge in [0.25, 0.3) is 10.1 Å². The maximum Gasteiger partial charge on any atom is 0.280 e. The van der Waals surface area contributed by atoms with Crippen molar-refractivity contribution < 1.29 is 17.7 Å². The van der Waals surface area contributed by atoms with E-state index in [9.17, 15) is 8.42 Å². The summed E-state index contributed by atoms with van der Waals surface area (Å²) in [5.74, 6) is 0. The summed E-state index contributed by atoms with van der Waals surface area (Å²) in [5, 5.41) is -0.818. The van der Waals surface area contributed by atoms with E-state index in [4.69, 9.17) is 9.29 Å². The van der Waals surface area contributed by atoms with Crippen molar-refractivity contribution in [3.63, 3.8) is 0 Å². The van der Waals surface area contributed by atoms with Gasteiger partial charge in [-0.3, -0.25) is 9.45 Å². The van der Waals surface area contributed by atoms with Crippen LogP contribution in [0.5, 0.6) is 0 Å². The summed E-state index contributed by atoms with van der Waals surface area (Å²) >= 11 is 0. The van der Waals surface area contributed by atoms with E-state index in [0.29, 0.717) is 26.3 Å². The molecule has 0 spiro atoms. The normalized spacial score (nSPS) is 23.8. The van der Waals surface area contributed by atoms with E-state index in [1.54, 1.807) is 4.90 Å². The van der Waals surface area contributed by atoms with E-state index >= 15 is 0 Å². The molecule has 1 fully saturated rings. The van der Waals surface area contributed by atoms with Gasteiger partial charge in [-0.25, -0.2) is 0 Å². The maximum absolute atomic E-state index is 10.7. The van der Waals surface area contributed by atoms with Gasteiger partial charge in [-0.05, 0) is 6.92 Å². The zero-order valence-electron chi connectivity index (χ0n) is 6.93. The third-order valence-electron chi connectivity index (χ3n) is 1.99. The molecule has 0 aliphatic carbocycles. The van der Waals surface area contributed by atoms with Crippen LogP contribution in [0.2, 0.25) is 0 Å². The van der Waals surface area contributed by atoms with Crippen molar-refractivity contribution in [2.24, 2.45) is 0 Å². The van der Waals surface area contributed by atoms with Crippen LogP contribution in [0.4, 0.5) is 0 Å². The molecule has 1 saturated heterocycles. The van der Waals surface area contributed by atoms with Crippen LogP contribution in [0.3, 0.4) is 0 Å². The highest BCUT2D eigenvalue weighted by Gasteiger charge is 2.26. The zero-order valence-corrected chi connectivity index (χ0v) is 7.75. The van der Waals surface area contributed by atoms with Gasteiger partial charge in [0.15, 0.2) is 0 Å².